The van der Waals surface area contributed by atoms with E-state index in [4.69, 9.17) is 51.4 Å². The number of hydrogen-bond donors (Lipinski definition) is 0. The minimum Gasteiger partial charge on any atom is -0.348 e. The van der Waals surface area contributed by atoms with Crippen molar-refractivity contribution in [3.05, 3.63) is 33.1 Å². The molecule has 1 heterocycles. The van der Waals surface area contributed by atoms with Gasteiger partial charge in [0.2, 0.25) is 0 Å². The smallest absolute Gasteiger partial charge is 0.186 e. The molecule has 0 fully saturated rings. The maximum absolute atomic E-state index is 6.34. The lowest BCUT2D eigenvalue weighted by Crippen LogP contribution is -2.25. The zero-order valence-electron chi connectivity index (χ0n) is 13.7. The van der Waals surface area contributed by atoms with Gasteiger partial charge in [0.15, 0.2) is 5.13 Å². The first-order valence-corrected chi connectivity index (χ1v) is 10.3. The van der Waals surface area contributed by atoms with Crippen molar-refractivity contribution in [2.75, 3.05) is 18.0 Å². The predicted molar refractivity (Wildman–Crippen MR) is 110 cm³/mol. The lowest BCUT2D eigenvalue weighted by molar-refractivity contribution is 0.696. The van der Waals surface area contributed by atoms with Crippen molar-refractivity contribution in [3.8, 4) is 11.3 Å². The van der Waals surface area contributed by atoms with Gasteiger partial charge in [-0.1, -0.05) is 30.1 Å². The summed E-state index contributed by atoms with van der Waals surface area (Å²) >= 11 is 25.7. The fourth-order valence-corrected chi connectivity index (χ4v) is 4.24. The molecular formula is C17H20Cl4N2S. The van der Waals surface area contributed by atoms with Crippen LogP contribution in [0.2, 0.25) is 10.0 Å². The summed E-state index contributed by atoms with van der Waals surface area (Å²) in [5, 5.41) is 2.26. The SMILES string of the molecule is CCCN(CCCC(Cl)Cl)c1nc(-c2ccc(Cl)cc2Cl)c(C)s1. The second kappa shape index (κ2) is 9.49. The molecule has 24 heavy (non-hydrogen) atoms. The van der Waals surface area contributed by atoms with E-state index in [9.17, 15) is 0 Å². The zero-order chi connectivity index (χ0) is 17.7. The van der Waals surface area contributed by atoms with Crippen LogP contribution in [0, 0.1) is 6.92 Å². The molecule has 7 heteroatoms. The van der Waals surface area contributed by atoms with Gasteiger partial charge in [-0.15, -0.1) is 34.5 Å². The topological polar surface area (TPSA) is 16.1 Å². The molecule has 0 N–H and O–H groups in total. The Morgan fingerprint density at radius 3 is 2.58 bits per heavy atom. The molecule has 1 aromatic carbocycles. The average molecular weight is 426 g/mol. The molecule has 0 spiro atoms. The van der Waals surface area contributed by atoms with Crippen molar-refractivity contribution in [1.29, 1.82) is 0 Å². The Balaban J connectivity index is 2.24. The van der Waals surface area contributed by atoms with E-state index < -0.39 is 0 Å². The van der Waals surface area contributed by atoms with Crippen molar-refractivity contribution in [2.45, 2.75) is 37.9 Å². The van der Waals surface area contributed by atoms with Crippen molar-refractivity contribution in [2.24, 2.45) is 0 Å². The molecule has 0 bridgehead atoms. The minimum absolute atomic E-state index is 0.310. The molecule has 1 aromatic heterocycles. The number of aryl methyl sites for hydroxylation is 1. The quantitative estimate of drug-likeness (QED) is 0.414. The summed E-state index contributed by atoms with van der Waals surface area (Å²) in [6.45, 7) is 6.08. The van der Waals surface area contributed by atoms with E-state index in [2.05, 4.69) is 18.7 Å². The summed E-state index contributed by atoms with van der Waals surface area (Å²) < 4.78 is 0. The number of nitrogens with zero attached hydrogens (tertiary/aromatic N) is 2. The van der Waals surface area contributed by atoms with Crippen LogP contribution in [0.3, 0.4) is 0 Å². The molecule has 2 nitrogen and oxygen atoms in total. The summed E-state index contributed by atoms with van der Waals surface area (Å²) in [7, 11) is 0. The Morgan fingerprint density at radius 2 is 1.96 bits per heavy atom. The number of alkyl halides is 2. The van der Waals surface area contributed by atoms with Crippen LogP contribution in [-0.4, -0.2) is 22.9 Å². The number of anilines is 1. The van der Waals surface area contributed by atoms with Crippen LogP contribution in [0.1, 0.15) is 31.1 Å². The van der Waals surface area contributed by atoms with E-state index in [0.717, 1.165) is 53.6 Å². The van der Waals surface area contributed by atoms with Gasteiger partial charge in [0.05, 0.1) is 10.7 Å². The van der Waals surface area contributed by atoms with E-state index >= 15 is 0 Å². The monoisotopic (exact) mass is 424 g/mol. The van der Waals surface area contributed by atoms with Crippen LogP contribution in [0.5, 0.6) is 0 Å². The third-order valence-corrected chi connectivity index (χ3v) is 5.60. The molecule has 0 radical (unpaired) electrons. The minimum atomic E-state index is -0.310. The van der Waals surface area contributed by atoms with Gasteiger partial charge in [-0.2, -0.15) is 0 Å². The van der Waals surface area contributed by atoms with Crippen LogP contribution in [0.15, 0.2) is 18.2 Å². The number of benzene rings is 1. The van der Waals surface area contributed by atoms with Crippen molar-refractivity contribution >= 4 is 62.9 Å². The van der Waals surface area contributed by atoms with Crippen LogP contribution in [0.25, 0.3) is 11.3 Å². The maximum Gasteiger partial charge on any atom is 0.186 e. The first-order chi connectivity index (χ1) is 11.4. The van der Waals surface area contributed by atoms with Gasteiger partial charge < -0.3 is 4.90 Å². The highest BCUT2D eigenvalue weighted by molar-refractivity contribution is 7.16. The molecule has 0 saturated carbocycles. The highest BCUT2D eigenvalue weighted by Gasteiger charge is 2.17. The number of rotatable bonds is 8. The number of hydrogen-bond acceptors (Lipinski definition) is 3. The predicted octanol–water partition coefficient (Wildman–Crippen LogP) is 7.23. The fourth-order valence-electron chi connectivity index (χ4n) is 2.46. The Hall–Kier alpha value is -0.190. The molecule has 2 rings (SSSR count). The summed E-state index contributed by atoms with van der Waals surface area (Å²) in [5.74, 6) is 0. The standard InChI is InChI=1S/C17H20Cl4N2S/c1-3-8-23(9-4-5-15(20)21)17-22-16(11(2)24-17)13-7-6-12(18)10-14(13)19/h6-7,10,15H,3-5,8-9H2,1-2H3. The highest BCUT2D eigenvalue weighted by Crippen LogP contribution is 2.37. The third kappa shape index (κ3) is 5.40. The lowest BCUT2D eigenvalue weighted by atomic mass is 10.1. The average Bonchev–Trinajstić information content (AvgIpc) is 2.88. The van der Waals surface area contributed by atoms with Gasteiger partial charge in [0.25, 0.3) is 0 Å². The Kier molecular flexibility index (Phi) is 7.96. The van der Waals surface area contributed by atoms with E-state index in [1.54, 1.807) is 17.4 Å². The number of halogens is 4. The van der Waals surface area contributed by atoms with Crippen molar-refractivity contribution < 1.29 is 0 Å². The molecule has 0 amide bonds. The van der Waals surface area contributed by atoms with Crippen LogP contribution >= 0.6 is 57.7 Å². The van der Waals surface area contributed by atoms with Crippen molar-refractivity contribution in [3.63, 3.8) is 0 Å². The number of aromatic nitrogens is 1. The second-order valence-corrected chi connectivity index (χ2v) is 8.85. The zero-order valence-corrected chi connectivity index (χ0v) is 17.5. The van der Waals surface area contributed by atoms with E-state index in [1.165, 1.54) is 0 Å². The summed E-state index contributed by atoms with van der Waals surface area (Å²) in [5.41, 5.74) is 1.84. The molecule has 0 aliphatic rings. The molecule has 2 aromatic rings. The van der Waals surface area contributed by atoms with Crippen LogP contribution in [-0.2, 0) is 0 Å². The highest BCUT2D eigenvalue weighted by atomic mass is 35.5. The first-order valence-electron chi connectivity index (χ1n) is 7.88. The van der Waals surface area contributed by atoms with Crippen LogP contribution in [0.4, 0.5) is 5.13 Å². The Labute approximate surface area is 167 Å². The maximum atomic E-state index is 6.34. The lowest BCUT2D eigenvalue weighted by Gasteiger charge is -2.21. The molecule has 0 aliphatic carbocycles. The van der Waals surface area contributed by atoms with Gasteiger partial charge >= 0.3 is 0 Å². The Bertz CT molecular complexity index is 673. The Morgan fingerprint density at radius 1 is 1.21 bits per heavy atom. The van der Waals surface area contributed by atoms with Gasteiger partial charge in [-0.25, -0.2) is 4.98 Å². The van der Waals surface area contributed by atoms with Gasteiger partial charge in [0.1, 0.15) is 4.84 Å². The molecule has 0 saturated heterocycles. The second-order valence-electron chi connectivity index (χ2n) is 5.55. The molecule has 0 unspecified atom stereocenters. The summed E-state index contributed by atoms with van der Waals surface area (Å²) in [6.07, 6.45) is 2.78. The molecular weight excluding hydrogens is 406 g/mol. The van der Waals surface area contributed by atoms with Gasteiger partial charge in [0, 0.05) is 28.6 Å². The normalized spacial score (nSPS) is 11.3. The summed E-state index contributed by atoms with van der Waals surface area (Å²) in [4.78, 5) is 7.96. The molecule has 132 valence electrons. The van der Waals surface area contributed by atoms with E-state index in [1.807, 2.05) is 12.1 Å². The van der Waals surface area contributed by atoms with E-state index in [0.29, 0.717) is 10.0 Å². The van der Waals surface area contributed by atoms with Gasteiger partial charge in [-0.3, -0.25) is 0 Å². The first kappa shape index (κ1) is 20.1. The molecule has 0 aliphatic heterocycles. The van der Waals surface area contributed by atoms with Crippen LogP contribution < -0.4 is 4.90 Å². The molecule has 0 atom stereocenters. The fraction of sp³-hybridized carbons (Fsp3) is 0.471. The van der Waals surface area contributed by atoms with Crippen molar-refractivity contribution in [1.82, 2.24) is 4.98 Å². The van der Waals surface area contributed by atoms with E-state index in [-0.39, 0.29) is 4.84 Å². The van der Waals surface area contributed by atoms with Gasteiger partial charge in [-0.05, 0) is 44.4 Å². The largest absolute Gasteiger partial charge is 0.348 e. The summed E-state index contributed by atoms with van der Waals surface area (Å²) in [6, 6.07) is 5.51. The third-order valence-electron chi connectivity index (χ3n) is 3.59. The number of thiazole rings is 1.